The van der Waals surface area contributed by atoms with Gasteiger partial charge in [0.1, 0.15) is 11.2 Å². The van der Waals surface area contributed by atoms with Crippen molar-refractivity contribution >= 4 is 60.5 Å². The predicted molar refractivity (Wildman–Crippen MR) is 271 cm³/mol. The Morgan fingerprint density at radius 3 is 1.38 bits per heavy atom. The normalized spacial score (nSPS) is 11.4. The fraction of sp³-hybridized carbons (Fsp3) is 0. The van der Waals surface area contributed by atoms with Gasteiger partial charge >= 0.3 is 0 Å². The van der Waals surface area contributed by atoms with Crippen molar-refractivity contribution in [1.82, 2.24) is 0 Å². The Morgan fingerprint density at radius 1 is 0.266 bits per heavy atom. The molecule has 0 aliphatic rings. The maximum Gasteiger partial charge on any atom is 0.143 e. The highest BCUT2D eigenvalue weighted by Crippen LogP contribution is 2.46. The average Bonchev–Trinajstić information content (AvgIpc) is 3.77. The molecule has 0 N–H and O–H groups in total. The van der Waals surface area contributed by atoms with E-state index in [9.17, 15) is 0 Å². The summed E-state index contributed by atoms with van der Waals surface area (Å²) in [6.07, 6.45) is 0. The van der Waals surface area contributed by atoms with Crippen LogP contribution < -0.4 is 4.90 Å². The lowest BCUT2D eigenvalue weighted by atomic mass is 9.95. The molecule has 0 saturated carbocycles. The Hall–Kier alpha value is -8.46. The molecule has 0 spiro atoms. The summed E-state index contributed by atoms with van der Waals surface area (Å²) in [4.78, 5) is 2.39. The Balaban J connectivity index is 0.953. The number of para-hydroxylation sites is 1. The third-order valence-corrected chi connectivity index (χ3v) is 12.7. The van der Waals surface area contributed by atoms with Crippen molar-refractivity contribution in [2.45, 2.75) is 0 Å². The van der Waals surface area contributed by atoms with Gasteiger partial charge in [0.2, 0.25) is 0 Å². The van der Waals surface area contributed by atoms with Gasteiger partial charge in [0, 0.05) is 33.1 Å². The summed E-state index contributed by atoms with van der Waals surface area (Å²) in [6.45, 7) is 0. The fourth-order valence-corrected chi connectivity index (χ4v) is 9.51. The highest BCUT2D eigenvalue weighted by Gasteiger charge is 2.21. The van der Waals surface area contributed by atoms with Crippen molar-refractivity contribution in [2.24, 2.45) is 0 Å². The van der Waals surface area contributed by atoms with E-state index in [-0.39, 0.29) is 0 Å². The summed E-state index contributed by atoms with van der Waals surface area (Å²) in [5.41, 5.74) is 16.8. The molecule has 0 aliphatic heterocycles. The highest BCUT2D eigenvalue weighted by molar-refractivity contribution is 6.19. The molecule has 0 unspecified atom stereocenters. The van der Waals surface area contributed by atoms with E-state index in [0.717, 1.165) is 61.1 Å². The minimum absolute atomic E-state index is 0.878. The van der Waals surface area contributed by atoms with Gasteiger partial charge in [0.15, 0.2) is 0 Å². The van der Waals surface area contributed by atoms with E-state index in [2.05, 4.69) is 254 Å². The molecular formula is C62H41NO. The van der Waals surface area contributed by atoms with Crippen molar-refractivity contribution < 1.29 is 4.42 Å². The van der Waals surface area contributed by atoms with Gasteiger partial charge in [-0.3, -0.25) is 0 Å². The lowest BCUT2D eigenvalue weighted by Crippen LogP contribution is -2.11. The van der Waals surface area contributed by atoms with Gasteiger partial charge in [0.05, 0.1) is 5.69 Å². The number of furan rings is 1. The second-order valence-corrected chi connectivity index (χ2v) is 16.4. The van der Waals surface area contributed by atoms with Gasteiger partial charge in [-0.05, 0) is 109 Å². The predicted octanol–water partition coefficient (Wildman–Crippen LogP) is 17.7. The number of nitrogens with zero attached hydrogens (tertiary/aromatic N) is 1. The second kappa shape index (κ2) is 15.8. The second-order valence-electron chi connectivity index (χ2n) is 16.4. The largest absolute Gasteiger partial charge is 0.455 e. The van der Waals surface area contributed by atoms with Crippen molar-refractivity contribution in [3.63, 3.8) is 0 Å². The molecule has 300 valence electrons. The first kappa shape index (κ1) is 37.3. The van der Waals surface area contributed by atoms with Crippen LogP contribution in [-0.2, 0) is 0 Å². The lowest BCUT2D eigenvalue weighted by Gasteiger charge is -2.28. The van der Waals surface area contributed by atoms with Gasteiger partial charge < -0.3 is 9.32 Å². The van der Waals surface area contributed by atoms with Gasteiger partial charge in [-0.1, -0.05) is 206 Å². The highest BCUT2D eigenvalue weighted by atomic mass is 16.3. The maximum atomic E-state index is 6.68. The van der Waals surface area contributed by atoms with Crippen molar-refractivity contribution in [1.29, 1.82) is 0 Å². The smallest absolute Gasteiger partial charge is 0.143 e. The molecule has 0 amide bonds. The molecule has 11 aromatic carbocycles. The Bertz CT molecular complexity index is 3620. The average molecular weight is 816 g/mol. The van der Waals surface area contributed by atoms with Crippen LogP contribution in [0.1, 0.15) is 0 Å². The first-order valence-electron chi connectivity index (χ1n) is 21.9. The molecule has 64 heavy (non-hydrogen) atoms. The van der Waals surface area contributed by atoms with Gasteiger partial charge in [0.25, 0.3) is 0 Å². The number of rotatable bonds is 8. The molecule has 1 heterocycles. The van der Waals surface area contributed by atoms with Crippen molar-refractivity contribution in [2.75, 3.05) is 4.90 Å². The summed E-state index contributed by atoms with van der Waals surface area (Å²) in [5, 5.41) is 7.04. The Labute approximate surface area is 372 Å². The molecule has 1 aromatic heterocycles. The van der Waals surface area contributed by atoms with Crippen molar-refractivity contribution in [3.8, 4) is 55.6 Å². The van der Waals surface area contributed by atoms with Crippen LogP contribution >= 0.6 is 0 Å². The molecule has 12 aromatic rings. The number of benzene rings is 11. The first-order chi connectivity index (χ1) is 31.7. The molecule has 2 nitrogen and oxygen atoms in total. The lowest BCUT2D eigenvalue weighted by molar-refractivity contribution is 0.673. The molecule has 0 atom stereocenters. The number of fused-ring (bicyclic) bond motifs is 6. The van der Waals surface area contributed by atoms with Crippen LogP contribution in [0.25, 0.3) is 99.1 Å². The van der Waals surface area contributed by atoms with E-state index >= 15 is 0 Å². The quantitative estimate of drug-likeness (QED) is 0.152. The zero-order valence-electron chi connectivity index (χ0n) is 35.0. The summed E-state index contributed by atoms with van der Waals surface area (Å²) in [7, 11) is 0. The third kappa shape index (κ3) is 6.61. The summed E-state index contributed by atoms with van der Waals surface area (Å²) >= 11 is 0. The number of hydrogen-bond acceptors (Lipinski definition) is 2. The minimum atomic E-state index is 0.878. The monoisotopic (exact) mass is 815 g/mol. The Kier molecular flexibility index (Phi) is 9.20. The standard InChI is InChI=1S/C62H41NO/c1-2-12-42(13-3-1)43-24-26-44(27-25-43)46-32-37-51(38-33-46)63(52-39-34-47(35-40-52)45-28-30-50(31-29-45)54-20-10-16-48-14-4-6-17-53(48)54)59-22-9-8-19-56(59)57-21-11-23-60-61(57)58-41-36-49-15-5-7-18-55(49)62(58)64-60/h1-41H. The van der Waals surface area contributed by atoms with E-state index < -0.39 is 0 Å². The molecule has 0 fully saturated rings. The summed E-state index contributed by atoms with van der Waals surface area (Å²) < 4.78 is 6.68. The van der Waals surface area contributed by atoms with E-state index in [0.29, 0.717) is 0 Å². The zero-order valence-corrected chi connectivity index (χ0v) is 35.0. The maximum absolute atomic E-state index is 6.68. The third-order valence-electron chi connectivity index (χ3n) is 12.7. The molecule has 2 heteroatoms. The first-order valence-corrected chi connectivity index (χ1v) is 21.9. The molecule has 12 rings (SSSR count). The molecular weight excluding hydrogens is 775 g/mol. The van der Waals surface area contributed by atoms with Gasteiger partial charge in [-0.25, -0.2) is 0 Å². The van der Waals surface area contributed by atoms with Crippen LogP contribution in [-0.4, -0.2) is 0 Å². The van der Waals surface area contributed by atoms with E-state index in [1.807, 2.05) is 0 Å². The molecule has 0 aliphatic carbocycles. The molecule has 0 bridgehead atoms. The number of hydrogen-bond donors (Lipinski definition) is 0. The van der Waals surface area contributed by atoms with Crippen LogP contribution in [0.4, 0.5) is 17.1 Å². The van der Waals surface area contributed by atoms with E-state index in [1.165, 1.54) is 55.1 Å². The van der Waals surface area contributed by atoms with Crippen LogP contribution in [0.3, 0.4) is 0 Å². The molecule has 0 radical (unpaired) electrons. The SMILES string of the molecule is c1ccc(-c2ccc(-c3ccc(N(c4ccc(-c5ccc(-c6cccc7ccccc67)cc5)cc4)c4ccccc4-c4cccc5oc6c7ccccc7ccc6c45)cc3)cc2)cc1. The zero-order chi connectivity index (χ0) is 42.4. The minimum Gasteiger partial charge on any atom is -0.455 e. The fourth-order valence-electron chi connectivity index (χ4n) is 9.51. The van der Waals surface area contributed by atoms with E-state index in [1.54, 1.807) is 0 Å². The number of anilines is 3. The topological polar surface area (TPSA) is 16.4 Å². The van der Waals surface area contributed by atoms with Crippen LogP contribution in [0.2, 0.25) is 0 Å². The van der Waals surface area contributed by atoms with Gasteiger partial charge in [-0.15, -0.1) is 0 Å². The van der Waals surface area contributed by atoms with Crippen LogP contribution in [0.15, 0.2) is 253 Å². The Morgan fingerprint density at radius 2 is 0.719 bits per heavy atom. The van der Waals surface area contributed by atoms with Crippen molar-refractivity contribution in [3.05, 3.63) is 249 Å². The van der Waals surface area contributed by atoms with Crippen LogP contribution in [0.5, 0.6) is 0 Å². The molecule has 0 saturated heterocycles. The van der Waals surface area contributed by atoms with Crippen LogP contribution in [0, 0.1) is 0 Å². The van der Waals surface area contributed by atoms with Gasteiger partial charge in [-0.2, -0.15) is 0 Å². The van der Waals surface area contributed by atoms with E-state index in [4.69, 9.17) is 4.42 Å². The summed E-state index contributed by atoms with van der Waals surface area (Å²) in [6, 6.07) is 89.5. The summed E-state index contributed by atoms with van der Waals surface area (Å²) in [5.74, 6) is 0.